The van der Waals surface area contributed by atoms with E-state index in [1.54, 1.807) is 13.2 Å². The lowest BCUT2D eigenvalue weighted by atomic mass is 9.80. The van der Waals surface area contributed by atoms with Crippen LogP contribution in [0, 0.1) is 5.82 Å². The van der Waals surface area contributed by atoms with Crippen LogP contribution in [0.25, 0.3) is 0 Å². The van der Waals surface area contributed by atoms with E-state index >= 15 is 0 Å². The van der Waals surface area contributed by atoms with E-state index < -0.39 is 11.6 Å². The zero-order valence-electron chi connectivity index (χ0n) is 13.8. The van der Waals surface area contributed by atoms with E-state index in [9.17, 15) is 9.50 Å². The fourth-order valence-corrected chi connectivity index (χ4v) is 3.32. The third kappa shape index (κ3) is 3.38. The van der Waals surface area contributed by atoms with Crippen molar-refractivity contribution in [3.8, 4) is 5.75 Å². The predicted molar refractivity (Wildman–Crippen MR) is 84.1 cm³/mol. The number of hydrogen-bond acceptors (Lipinski definition) is 3. The van der Waals surface area contributed by atoms with E-state index in [2.05, 4.69) is 32.6 Å². The lowest BCUT2D eigenvalue weighted by Crippen LogP contribution is -2.52. The van der Waals surface area contributed by atoms with Gasteiger partial charge in [0.1, 0.15) is 17.7 Å². The van der Waals surface area contributed by atoms with Crippen LogP contribution in [-0.2, 0) is 0 Å². The van der Waals surface area contributed by atoms with Gasteiger partial charge >= 0.3 is 0 Å². The molecular weight excluding hydrogens is 269 g/mol. The van der Waals surface area contributed by atoms with Crippen molar-refractivity contribution in [2.24, 2.45) is 0 Å². The summed E-state index contributed by atoms with van der Waals surface area (Å²) in [5.74, 6) is 0.174. The molecule has 1 N–H and O–H groups in total. The van der Waals surface area contributed by atoms with Gasteiger partial charge in [-0.2, -0.15) is 0 Å². The first-order chi connectivity index (χ1) is 10.00. The molecule has 0 aliphatic rings. The molecule has 0 radical (unpaired) electrons. The Balaban J connectivity index is 3.35. The van der Waals surface area contributed by atoms with Gasteiger partial charge in [-0.1, -0.05) is 27.7 Å². The molecule has 1 unspecified atom stereocenters. The van der Waals surface area contributed by atoms with Gasteiger partial charge in [-0.15, -0.1) is 0 Å². The second-order valence-electron chi connectivity index (χ2n) is 5.27. The number of rotatable bonds is 8. The Morgan fingerprint density at radius 3 is 2.19 bits per heavy atom. The largest absolute Gasteiger partial charge is 0.496 e. The standard InChI is InChI=1S/C17H28FNO2/c1-6-17(7-2,19(8-3)9-4)16(20)14-12-13(18)10-11-15(14)21-5/h10-12,16,20H,6-9H2,1-5H3. The topological polar surface area (TPSA) is 32.7 Å². The minimum Gasteiger partial charge on any atom is -0.496 e. The van der Waals surface area contributed by atoms with Gasteiger partial charge in [-0.25, -0.2) is 4.39 Å². The van der Waals surface area contributed by atoms with Crippen molar-refractivity contribution < 1.29 is 14.2 Å². The summed E-state index contributed by atoms with van der Waals surface area (Å²) >= 11 is 0. The Labute approximate surface area is 127 Å². The molecule has 1 aromatic carbocycles. The molecule has 21 heavy (non-hydrogen) atoms. The predicted octanol–water partition coefficient (Wildman–Crippen LogP) is 3.77. The van der Waals surface area contributed by atoms with E-state index in [0.717, 1.165) is 25.9 Å². The Hall–Kier alpha value is -1.13. The molecule has 4 heteroatoms. The average molecular weight is 297 g/mol. The van der Waals surface area contributed by atoms with Crippen LogP contribution in [0.2, 0.25) is 0 Å². The summed E-state index contributed by atoms with van der Waals surface area (Å²) in [7, 11) is 1.54. The molecule has 0 fully saturated rings. The minimum atomic E-state index is -0.793. The summed E-state index contributed by atoms with van der Waals surface area (Å²) < 4.78 is 18.9. The summed E-state index contributed by atoms with van der Waals surface area (Å²) in [6.07, 6.45) is 0.774. The van der Waals surface area contributed by atoms with Gasteiger partial charge in [0.05, 0.1) is 12.6 Å². The molecule has 0 bridgehead atoms. The maximum absolute atomic E-state index is 13.6. The molecular formula is C17H28FNO2. The Morgan fingerprint density at radius 2 is 1.76 bits per heavy atom. The van der Waals surface area contributed by atoms with E-state index in [4.69, 9.17) is 4.74 Å². The molecule has 3 nitrogen and oxygen atoms in total. The molecule has 0 aliphatic carbocycles. The first kappa shape index (κ1) is 17.9. The van der Waals surface area contributed by atoms with Crippen LogP contribution in [0.15, 0.2) is 18.2 Å². The molecule has 0 aromatic heterocycles. The number of aliphatic hydroxyl groups is 1. The second-order valence-corrected chi connectivity index (χ2v) is 5.27. The van der Waals surface area contributed by atoms with E-state index in [1.165, 1.54) is 12.1 Å². The number of hydrogen-bond donors (Lipinski definition) is 1. The molecule has 1 aromatic rings. The van der Waals surface area contributed by atoms with Crippen molar-refractivity contribution in [3.05, 3.63) is 29.6 Å². The van der Waals surface area contributed by atoms with E-state index in [0.29, 0.717) is 11.3 Å². The van der Waals surface area contributed by atoms with Gasteiger partial charge in [0.25, 0.3) is 0 Å². The van der Waals surface area contributed by atoms with Crippen LogP contribution in [0.4, 0.5) is 4.39 Å². The first-order valence-corrected chi connectivity index (χ1v) is 7.77. The average Bonchev–Trinajstić information content (AvgIpc) is 2.52. The lowest BCUT2D eigenvalue weighted by molar-refractivity contribution is -0.0376. The normalized spacial score (nSPS) is 13.5. The van der Waals surface area contributed by atoms with Crippen molar-refractivity contribution in [1.29, 1.82) is 0 Å². The van der Waals surface area contributed by atoms with Crippen LogP contribution in [-0.4, -0.2) is 35.7 Å². The van der Waals surface area contributed by atoms with Crippen molar-refractivity contribution in [1.82, 2.24) is 4.90 Å². The highest BCUT2D eigenvalue weighted by Gasteiger charge is 2.41. The summed E-state index contributed by atoms with van der Waals surface area (Å²) in [6.45, 7) is 9.98. The molecule has 1 atom stereocenters. The number of methoxy groups -OCH3 is 1. The molecule has 120 valence electrons. The molecule has 0 spiro atoms. The Morgan fingerprint density at radius 1 is 1.19 bits per heavy atom. The van der Waals surface area contributed by atoms with Gasteiger partial charge in [0.15, 0.2) is 0 Å². The van der Waals surface area contributed by atoms with Crippen LogP contribution >= 0.6 is 0 Å². The number of likely N-dealkylation sites (N-methyl/N-ethyl adjacent to an activating group) is 1. The molecule has 0 saturated carbocycles. The smallest absolute Gasteiger partial charge is 0.124 e. The highest BCUT2D eigenvalue weighted by Crippen LogP contribution is 2.40. The van der Waals surface area contributed by atoms with Gasteiger partial charge in [-0.3, -0.25) is 4.90 Å². The fourth-order valence-electron chi connectivity index (χ4n) is 3.32. The van der Waals surface area contributed by atoms with Crippen molar-refractivity contribution in [3.63, 3.8) is 0 Å². The maximum atomic E-state index is 13.6. The zero-order chi connectivity index (χ0) is 16.0. The monoisotopic (exact) mass is 297 g/mol. The van der Waals surface area contributed by atoms with Crippen molar-refractivity contribution >= 4 is 0 Å². The summed E-state index contributed by atoms with van der Waals surface area (Å²) in [5, 5.41) is 11.0. The molecule has 0 saturated heterocycles. The molecule has 0 amide bonds. The zero-order valence-corrected chi connectivity index (χ0v) is 13.8. The number of halogens is 1. The van der Waals surface area contributed by atoms with Crippen molar-refractivity contribution in [2.75, 3.05) is 20.2 Å². The van der Waals surface area contributed by atoms with Gasteiger partial charge in [0, 0.05) is 5.56 Å². The van der Waals surface area contributed by atoms with Crippen LogP contribution < -0.4 is 4.74 Å². The quantitative estimate of drug-likeness (QED) is 0.793. The SMILES string of the molecule is CCN(CC)C(CC)(CC)C(O)c1cc(F)ccc1OC. The van der Waals surface area contributed by atoms with Gasteiger partial charge < -0.3 is 9.84 Å². The summed E-state index contributed by atoms with van der Waals surface area (Å²) in [5.41, 5.74) is 0.109. The Kier molecular flexibility index (Phi) is 6.62. The maximum Gasteiger partial charge on any atom is 0.124 e. The van der Waals surface area contributed by atoms with Crippen LogP contribution in [0.3, 0.4) is 0 Å². The number of nitrogens with zero attached hydrogens (tertiary/aromatic N) is 1. The third-order valence-electron chi connectivity index (χ3n) is 4.61. The van der Waals surface area contributed by atoms with Crippen LogP contribution in [0.5, 0.6) is 5.75 Å². The number of aliphatic hydroxyl groups excluding tert-OH is 1. The highest BCUT2D eigenvalue weighted by atomic mass is 19.1. The van der Waals surface area contributed by atoms with Crippen LogP contribution in [0.1, 0.15) is 52.2 Å². The highest BCUT2D eigenvalue weighted by molar-refractivity contribution is 5.37. The molecule has 0 aliphatic heterocycles. The van der Waals surface area contributed by atoms with Gasteiger partial charge in [0.2, 0.25) is 0 Å². The summed E-state index contributed by atoms with van der Waals surface area (Å²) in [4.78, 5) is 2.25. The Bertz CT molecular complexity index is 442. The number of ether oxygens (including phenoxy) is 1. The molecule has 0 heterocycles. The van der Waals surface area contributed by atoms with Crippen molar-refractivity contribution in [2.45, 2.75) is 52.2 Å². The molecule has 1 rings (SSSR count). The fraction of sp³-hybridized carbons (Fsp3) is 0.647. The van der Waals surface area contributed by atoms with E-state index in [1.807, 2.05) is 0 Å². The lowest BCUT2D eigenvalue weighted by Gasteiger charge is -2.46. The first-order valence-electron chi connectivity index (χ1n) is 7.77. The number of benzene rings is 1. The second kappa shape index (κ2) is 7.76. The van der Waals surface area contributed by atoms with Gasteiger partial charge in [-0.05, 0) is 44.1 Å². The minimum absolute atomic E-state index is 0.356. The van der Waals surface area contributed by atoms with E-state index in [-0.39, 0.29) is 5.82 Å². The summed E-state index contributed by atoms with van der Waals surface area (Å²) in [6, 6.07) is 4.31. The third-order valence-corrected chi connectivity index (χ3v) is 4.61.